The van der Waals surface area contributed by atoms with Gasteiger partial charge in [-0.05, 0) is 38.0 Å². The molecule has 0 amide bonds. The van der Waals surface area contributed by atoms with Gasteiger partial charge >= 0.3 is 0 Å². The molecular formula is C14H14ClFN2S. The SMILES string of the molecule is Cc1nc(-c2ccc(F)cc2Cl)sc1CNC1CC1. The molecule has 1 heterocycles. The number of halogens is 2. The summed E-state index contributed by atoms with van der Waals surface area (Å²) < 4.78 is 13.1. The van der Waals surface area contributed by atoms with Crippen LogP contribution in [-0.4, -0.2) is 11.0 Å². The summed E-state index contributed by atoms with van der Waals surface area (Å²) in [7, 11) is 0. The van der Waals surface area contributed by atoms with Crippen molar-refractivity contribution in [2.24, 2.45) is 0 Å². The predicted molar refractivity (Wildman–Crippen MR) is 77.1 cm³/mol. The molecule has 2 aromatic rings. The summed E-state index contributed by atoms with van der Waals surface area (Å²) in [5, 5.41) is 4.75. The average molecular weight is 297 g/mol. The van der Waals surface area contributed by atoms with Crippen LogP contribution in [0.15, 0.2) is 18.2 Å². The number of benzene rings is 1. The summed E-state index contributed by atoms with van der Waals surface area (Å²) in [6.07, 6.45) is 2.54. The van der Waals surface area contributed by atoms with E-state index in [0.29, 0.717) is 11.1 Å². The summed E-state index contributed by atoms with van der Waals surface area (Å²) in [6.45, 7) is 2.86. The lowest BCUT2D eigenvalue weighted by molar-refractivity contribution is 0.628. The Morgan fingerprint density at radius 2 is 2.26 bits per heavy atom. The van der Waals surface area contributed by atoms with Gasteiger partial charge in [0.25, 0.3) is 0 Å². The van der Waals surface area contributed by atoms with Crippen molar-refractivity contribution in [3.63, 3.8) is 0 Å². The van der Waals surface area contributed by atoms with Crippen LogP contribution in [0.4, 0.5) is 4.39 Å². The van der Waals surface area contributed by atoms with E-state index in [-0.39, 0.29) is 5.82 Å². The fraction of sp³-hybridized carbons (Fsp3) is 0.357. The van der Waals surface area contributed by atoms with E-state index in [1.54, 1.807) is 17.4 Å². The number of nitrogens with one attached hydrogen (secondary N) is 1. The Kier molecular flexibility index (Phi) is 3.56. The van der Waals surface area contributed by atoms with Crippen LogP contribution in [0.3, 0.4) is 0 Å². The molecule has 0 bridgehead atoms. The van der Waals surface area contributed by atoms with Crippen molar-refractivity contribution in [2.75, 3.05) is 0 Å². The molecule has 0 aliphatic heterocycles. The van der Waals surface area contributed by atoms with Crippen LogP contribution in [0.1, 0.15) is 23.4 Å². The van der Waals surface area contributed by atoms with Crippen LogP contribution < -0.4 is 5.32 Å². The first-order valence-corrected chi connectivity index (χ1v) is 7.48. The zero-order valence-corrected chi connectivity index (χ0v) is 12.1. The van der Waals surface area contributed by atoms with E-state index in [4.69, 9.17) is 11.6 Å². The maximum Gasteiger partial charge on any atom is 0.125 e. The van der Waals surface area contributed by atoms with Crippen LogP contribution in [0.5, 0.6) is 0 Å². The van der Waals surface area contributed by atoms with Gasteiger partial charge in [-0.3, -0.25) is 0 Å². The fourth-order valence-electron chi connectivity index (χ4n) is 1.89. The molecule has 100 valence electrons. The first-order valence-electron chi connectivity index (χ1n) is 6.28. The molecule has 0 unspecified atom stereocenters. The van der Waals surface area contributed by atoms with Gasteiger partial charge in [0, 0.05) is 23.0 Å². The molecule has 1 aliphatic rings. The molecule has 1 fully saturated rings. The van der Waals surface area contributed by atoms with Crippen molar-refractivity contribution in [1.82, 2.24) is 10.3 Å². The second-order valence-electron chi connectivity index (χ2n) is 4.81. The minimum atomic E-state index is -0.322. The smallest absolute Gasteiger partial charge is 0.125 e. The molecule has 0 atom stereocenters. The molecule has 1 aromatic heterocycles. The minimum absolute atomic E-state index is 0.322. The molecule has 1 aromatic carbocycles. The highest BCUT2D eigenvalue weighted by Gasteiger charge is 2.21. The number of aryl methyl sites for hydroxylation is 1. The largest absolute Gasteiger partial charge is 0.309 e. The van der Waals surface area contributed by atoms with Crippen molar-refractivity contribution >= 4 is 22.9 Å². The van der Waals surface area contributed by atoms with E-state index in [1.165, 1.54) is 29.9 Å². The second-order valence-corrected chi connectivity index (χ2v) is 6.30. The lowest BCUT2D eigenvalue weighted by atomic mass is 10.2. The first kappa shape index (κ1) is 13.0. The fourth-order valence-corrected chi connectivity index (χ4v) is 3.26. The Labute approximate surface area is 120 Å². The average Bonchev–Trinajstić information content (AvgIpc) is 3.11. The van der Waals surface area contributed by atoms with E-state index in [2.05, 4.69) is 10.3 Å². The Morgan fingerprint density at radius 3 is 2.95 bits per heavy atom. The summed E-state index contributed by atoms with van der Waals surface area (Å²) >= 11 is 7.70. The molecular weight excluding hydrogens is 283 g/mol. The topological polar surface area (TPSA) is 24.9 Å². The third-order valence-corrected chi connectivity index (χ3v) is 4.69. The zero-order chi connectivity index (χ0) is 13.4. The van der Waals surface area contributed by atoms with Crippen LogP contribution >= 0.6 is 22.9 Å². The van der Waals surface area contributed by atoms with Gasteiger partial charge in [0.05, 0.1) is 10.7 Å². The Balaban J connectivity index is 1.85. The molecule has 19 heavy (non-hydrogen) atoms. The third-order valence-electron chi connectivity index (χ3n) is 3.18. The molecule has 0 saturated heterocycles. The van der Waals surface area contributed by atoms with E-state index in [0.717, 1.165) is 22.8 Å². The van der Waals surface area contributed by atoms with E-state index < -0.39 is 0 Å². The third kappa shape index (κ3) is 2.96. The molecule has 1 saturated carbocycles. The standard InChI is InChI=1S/C14H14ClFN2S/c1-8-13(7-17-10-3-4-10)19-14(18-8)11-5-2-9(16)6-12(11)15/h2,5-6,10,17H,3-4,7H2,1H3. The molecule has 0 radical (unpaired) electrons. The van der Waals surface area contributed by atoms with Gasteiger partial charge in [-0.1, -0.05) is 11.6 Å². The van der Waals surface area contributed by atoms with Crippen LogP contribution in [-0.2, 0) is 6.54 Å². The number of aromatic nitrogens is 1. The van der Waals surface area contributed by atoms with E-state index >= 15 is 0 Å². The van der Waals surface area contributed by atoms with Gasteiger partial charge in [-0.25, -0.2) is 9.37 Å². The molecule has 0 spiro atoms. The van der Waals surface area contributed by atoms with E-state index in [1.807, 2.05) is 6.92 Å². The van der Waals surface area contributed by atoms with Gasteiger partial charge < -0.3 is 5.32 Å². The number of rotatable bonds is 4. The van der Waals surface area contributed by atoms with Crippen molar-refractivity contribution in [3.8, 4) is 10.6 Å². The van der Waals surface area contributed by atoms with Crippen molar-refractivity contribution in [2.45, 2.75) is 32.4 Å². The Bertz CT molecular complexity index is 607. The van der Waals surface area contributed by atoms with Crippen molar-refractivity contribution < 1.29 is 4.39 Å². The monoisotopic (exact) mass is 296 g/mol. The molecule has 1 aliphatic carbocycles. The summed E-state index contributed by atoms with van der Waals surface area (Å²) in [5.74, 6) is -0.322. The number of nitrogens with zero attached hydrogens (tertiary/aromatic N) is 1. The maximum atomic E-state index is 13.1. The number of hydrogen-bond acceptors (Lipinski definition) is 3. The lowest BCUT2D eigenvalue weighted by Gasteiger charge is -2.00. The number of thiazole rings is 1. The second kappa shape index (κ2) is 5.19. The van der Waals surface area contributed by atoms with Crippen molar-refractivity contribution in [1.29, 1.82) is 0 Å². The zero-order valence-electron chi connectivity index (χ0n) is 10.5. The molecule has 3 rings (SSSR count). The summed E-state index contributed by atoms with van der Waals surface area (Å²) in [6, 6.07) is 5.11. The highest BCUT2D eigenvalue weighted by atomic mass is 35.5. The highest BCUT2D eigenvalue weighted by molar-refractivity contribution is 7.15. The maximum absolute atomic E-state index is 13.1. The van der Waals surface area contributed by atoms with Crippen molar-refractivity contribution in [3.05, 3.63) is 39.6 Å². The van der Waals surface area contributed by atoms with Crippen LogP contribution in [0.2, 0.25) is 5.02 Å². The molecule has 1 N–H and O–H groups in total. The Morgan fingerprint density at radius 1 is 1.47 bits per heavy atom. The molecule has 5 heteroatoms. The van der Waals surface area contributed by atoms with Gasteiger partial charge in [0.1, 0.15) is 10.8 Å². The predicted octanol–water partition coefficient (Wildman–Crippen LogP) is 4.16. The van der Waals surface area contributed by atoms with Gasteiger partial charge in [-0.15, -0.1) is 11.3 Å². The number of hydrogen-bond donors (Lipinski definition) is 1. The normalized spacial score (nSPS) is 14.9. The minimum Gasteiger partial charge on any atom is -0.309 e. The van der Waals surface area contributed by atoms with Crippen LogP contribution in [0, 0.1) is 12.7 Å². The van der Waals surface area contributed by atoms with Crippen LogP contribution in [0.25, 0.3) is 10.6 Å². The lowest BCUT2D eigenvalue weighted by Crippen LogP contribution is -2.14. The van der Waals surface area contributed by atoms with E-state index in [9.17, 15) is 4.39 Å². The summed E-state index contributed by atoms with van der Waals surface area (Å²) in [5.41, 5.74) is 1.82. The Hall–Kier alpha value is -0.970. The first-order chi connectivity index (χ1) is 9.13. The summed E-state index contributed by atoms with van der Waals surface area (Å²) in [4.78, 5) is 5.77. The van der Waals surface area contributed by atoms with Gasteiger partial charge in [0.15, 0.2) is 0 Å². The highest BCUT2D eigenvalue weighted by Crippen LogP contribution is 2.33. The quantitative estimate of drug-likeness (QED) is 0.916. The van der Waals surface area contributed by atoms with Gasteiger partial charge in [-0.2, -0.15) is 0 Å². The van der Waals surface area contributed by atoms with Gasteiger partial charge in [0.2, 0.25) is 0 Å². The molecule has 2 nitrogen and oxygen atoms in total.